The van der Waals surface area contributed by atoms with Crippen LogP contribution in [0.4, 0.5) is 0 Å². The van der Waals surface area contributed by atoms with E-state index in [1.54, 1.807) is 12.4 Å². The predicted octanol–water partition coefficient (Wildman–Crippen LogP) is 1.16. The van der Waals surface area contributed by atoms with Gasteiger partial charge in [0, 0.05) is 25.7 Å². The zero-order valence-electron chi connectivity index (χ0n) is 5.39. The van der Waals surface area contributed by atoms with Gasteiger partial charge in [-0.1, -0.05) is 6.92 Å². The molecule has 0 rings (SSSR count). The van der Waals surface area contributed by atoms with Gasteiger partial charge in [-0.2, -0.15) is 0 Å². The third kappa shape index (κ3) is 5.21. The zero-order chi connectivity index (χ0) is 6.24. The number of nitrogens with one attached hydrogen (secondary N) is 1. The van der Waals surface area contributed by atoms with Crippen molar-refractivity contribution in [1.29, 1.82) is 0 Å². The van der Waals surface area contributed by atoms with Gasteiger partial charge in [0.05, 0.1) is 0 Å². The van der Waals surface area contributed by atoms with Gasteiger partial charge in [-0.15, -0.1) is 0 Å². The van der Waals surface area contributed by atoms with Crippen LogP contribution in [0.1, 0.15) is 13.3 Å². The molecule has 1 N–H and O–H groups in total. The normalized spacial score (nSPS) is 11.2. The average molecular weight is 112 g/mol. The molecule has 0 saturated heterocycles. The Bertz CT molecular complexity index is 72.5. The molecule has 0 bridgehead atoms. The minimum atomic E-state index is 0.994. The minimum absolute atomic E-state index is 0.994. The topological polar surface area (TPSA) is 24.4 Å². The van der Waals surface area contributed by atoms with Crippen molar-refractivity contribution in [3.05, 3.63) is 12.4 Å². The van der Waals surface area contributed by atoms with Gasteiger partial charge in [0.2, 0.25) is 0 Å². The highest BCUT2D eigenvalue weighted by atomic mass is 14.8. The second kappa shape index (κ2) is 6.21. The zero-order valence-corrected chi connectivity index (χ0v) is 5.39. The summed E-state index contributed by atoms with van der Waals surface area (Å²) < 4.78 is 0. The number of rotatable bonds is 3. The fourth-order valence-corrected chi connectivity index (χ4v) is 0.284. The van der Waals surface area contributed by atoms with E-state index in [4.69, 9.17) is 0 Å². The lowest BCUT2D eigenvalue weighted by Gasteiger charge is -1.79. The summed E-state index contributed by atoms with van der Waals surface area (Å²) in [5, 5.41) is 2.83. The molecule has 0 aromatic heterocycles. The van der Waals surface area contributed by atoms with Crippen LogP contribution in [0.2, 0.25) is 0 Å². The van der Waals surface area contributed by atoms with Crippen molar-refractivity contribution in [2.45, 2.75) is 13.3 Å². The van der Waals surface area contributed by atoms with Crippen molar-refractivity contribution in [3.8, 4) is 0 Å². The molecule has 0 aliphatic carbocycles. The van der Waals surface area contributed by atoms with Crippen LogP contribution in [0.15, 0.2) is 17.4 Å². The maximum atomic E-state index is 3.91. The van der Waals surface area contributed by atoms with Gasteiger partial charge >= 0.3 is 0 Å². The van der Waals surface area contributed by atoms with Crippen LogP contribution in [-0.4, -0.2) is 13.3 Å². The van der Waals surface area contributed by atoms with Crippen LogP contribution in [0, 0.1) is 0 Å². The van der Waals surface area contributed by atoms with E-state index in [2.05, 4.69) is 17.2 Å². The van der Waals surface area contributed by atoms with E-state index in [9.17, 15) is 0 Å². The molecule has 46 valence electrons. The van der Waals surface area contributed by atoms with E-state index in [0.717, 1.165) is 6.42 Å². The summed E-state index contributed by atoms with van der Waals surface area (Å²) in [5.41, 5.74) is 0. The van der Waals surface area contributed by atoms with E-state index >= 15 is 0 Å². The molecular weight excluding hydrogens is 100 g/mol. The van der Waals surface area contributed by atoms with Gasteiger partial charge in [0.1, 0.15) is 0 Å². The first-order chi connectivity index (χ1) is 3.91. The number of aliphatic imine (C=N–C) groups is 1. The Labute approximate surface area is 50.3 Å². The van der Waals surface area contributed by atoms with Crippen molar-refractivity contribution < 1.29 is 0 Å². The van der Waals surface area contributed by atoms with Crippen molar-refractivity contribution in [3.63, 3.8) is 0 Å². The summed E-state index contributed by atoms with van der Waals surface area (Å²) in [6.45, 7) is 2.05. The van der Waals surface area contributed by atoms with E-state index in [-0.39, 0.29) is 0 Å². The molecular formula is C6H12N2. The van der Waals surface area contributed by atoms with E-state index in [0.29, 0.717) is 0 Å². The monoisotopic (exact) mass is 112 g/mol. The maximum Gasteiger partial charge on any atom is 0.0420 e. The molecule has 8 heavy (non-hydrogen) atoms. The van der Waals surface area contributed by atoms with Crippen molar-refractivity contribution in [1.82, 2.24) is 5.32 Å². The quantitative estimate of drug-likeness (QED) is 0.544. The largest absolute Gasteiger partial charge is 0.393 e. The lowest BCUT2D eigenvalue weighted by Crippen LogP contribution is -1.89. The van der Waals surface area contributed by atoms with Crippen molar-refractivity contribution >= 4 is 6.21 Å². The van der Waals surface area contributed by atoms with Gasteiger partial charge in [-0.25, -0.2) is 0 Å². The first-order valence-electron chi connectivity index (χ1n) is 2.75. The number of hydrogen-bond acceptors (Lipinski definition) is 2. The van der Waals surface area contributed by atoms with E-state index < -0.39 is 0 Å². The molecule has 0 amide bonds. The molecule has 0 atom stereocenters. The Morgan fingerprint density at radius 2 is 2.38 bits per heavy atom. The number of hydrogen-bond donors (Lipinski definition) is 1. The standard InChI is InChI=1S/C6H12N2/c1-3-4-8-6-5-7-2/h4-7H,3H2,1-2H3/b6-5-,8-4+. The lowest BCUT2D eigenvalue weighted by atomic mass is 10.5. The summed E-state index contributed by atoms with van der Waals surface area (Å²) in [6, 6.07) is 0. The molecule has 0 spiro atoms. The molecule has 0 aromatic carbocycles. The fraction of sp³-hybridized carbons (Fsp3) is 0.500. The molecule has 0 radical (unpaired) electrons. The molecule has 0 fully saturated rings. The second-order valence-electron chi connectivity index (χ2n) is 1.34. The van der Waals surface area contributed by atoms with Gasteiger partial charge in [0.15, 0.2) is 0 Å². The predicted molar refractivity (Wildman–Crippen MR) is 37.0 cm³/mol. The lowest BCUT2D eigenvalue weighted by molar-refractivity contribution is 1.09. The molecule has 0 aliphatic heterocycles. The van der Waals surface area contributed by atoms with Crippen LogP contribution < -0.4 is 5.32 Å². The third-order valence-electron chi connectivity index (χ3n) is 0.615. The van der Waals surface area contributed by atoms with Crippen LogP contribution in [0.5, 0.6) is 0 Å². The summed E-state index contributed by atoms with van der Waals surface area (Å²) in [7, 11) is 1.85. The van der Waals surface area contributed by atoms with Crippen LogP contribution >= 0.6 is 0 Å². The van der Waals surface area contributed by atoms with Gasteiger partial charge in [-0.05, 0) is 6.42 Å². The Morgan fingerprint density at radius 1 is 1.62 bits per heavy atom. The fourth-order valence-electron chi connectivity index (χ4n) is 0.284. The summed E-state index contributed by atoms with van der Waals surface area (Å²) in [5.74, 6) is 0. The van der Waals surface area contributed by atoms with E-state index in [1.807, 2.05) is 13.3 Å². The SMILES string of the molecule is CC/C=N/C=C\NC. The Hall–Kier alpha value is -0.790. The smallest absolute Gasteiger partial charge is 0.0420 e. The van der Waals surface area contributed by atoms with Crippen LogP contribution in [-0.2, 0) is 0 Å². The maximum absolute atomic E-state index is 3.91. The second-order valence-corrected chi connectivity index (χ2v) is 1.34. The van der Waals surface area contributed by atoms with Crippen molar-refractivity contribution in [2.75, 3.05) is 7.05 Å². The Morgan fingerprint density at radius 3 is 2.88 bits per heavy atom. The summed E-state index contributed by atoms with van der Waals surface area (Å²) >= 11 is 0. The van der Waals surface area contributed by atoms with Crippen LogP contribution in [0.25, 0.3) is 0 Å². The first kappa shape index (κ1) is 7.21. The molecule has 0 aliphatic rings. The molecule has 0 saturated carbocycles. The minimum Gasteiger partial charge on any atom is -0.393 e. The van der Waals surface area contributed by atoms with Gasteiger partial charge < -0.3 is 5.32 Å². The highest BCUT2D eigenvalue weighted by molar-refractivity contribution is 5.57. The number of nitrogens with zero attached hydrogens (tertiary/aromatic N) is 1. The Balaban J connectivity index is 3.13. The molecule has 2 heteroatoms. The average Bonchev–Trinajstić information content (AvgIpc) is 1.81. The molecule has 0 aromatic rings. The summed E-state index contributed by atoms with van der Waals surface area (Å²) in [4.78, 5) is 3.91. The van der Waals surface area contributed by atoms with Crippen molar-refractivity contribution in [2.24, 2.45) is 4.99 Å². The summed E-state index contributed by atoms with van der Waals surface area (Å²) in [6.07, 6.45) is 6.36. The first-order valence-corrected chi connectivity index (χ1v) is 2.75. The molecule has 0 heterocycles. The van der Waals surface area contributed by atoms with E-state index in [1.165, 1.54) is 0 Å². The highest BCUT2D eigenvalue weighted by Gasteiger charge is 1.60. The Kier molecular flexibility index (Phi) is 5.60. The molecule has 2 nitrogen and oxygen atoms in total. The highest BCUT2D eigenvalue weighted by Crippen LogP contribution is 1.70. The van der Waals surface area contributed by atoms with Crippen LogP contribution in [0.3, 0.4) is 0 Å². The van der Waals surface area contributed by atoms with Gasteiger partial charge in [0.25, 0.3) is 0 Å². The van der Waals surface area contributed by atoms with Gasteiger partial charge in [-0.3, -0.25) is 4.99 Å². The molecule has 0 unspecified atom stereocenters. The third-order valence-corrected chi connectivity index (χ3v) is 0.615.